The lowest BCUT2D eigenvalue weighted by atomic mass is 10.0. The molecule has 0 fully saturated rings. The Labute approximate surface area is 110 Å². The lowest BCUT2D eigenvalue weighted by Crippen LogP contribution is -2.41. The standard InChI is InChI=1S/C15H25NO2/c1-5-15(3,17)11-16-12(2)10-13-6-8-14(18-4)9-7-13/h6-9,12,16-17H,5,10-11H2,1-4H3. The first-order valence-corrected chi connectivity index (χ1v) is 6.55. The molecule has 2 atom stereocenters. The summed E-state index contributed by atoms with van der Waals surface area (Å²) in [5, 5.41) is 13.3. The van der Waals surface area contributed by atoms with Crippen molar-refractivity contribution in [1.29, 1.82) is 0 Å². The molecule has 18 heavy (non-hydrogen) atoms. The maximum atomic E-state index is 9.93. The van der Waals surface area contributed by atoms with E-state index in [2.05, 4.69) is 24.4 Å². The third kappa shape index (κ3) is 5.07. The summed E-state index contributed by atoms with van der Waals surface area (Å²) < 4.78 is 5.13. The van der Waals surface area contributed by atoms with Gasteiger partial charge < -0.3 is 15.2 Å². The molecule has 0 heterocycles. The highest BCUT2D eigenvalue weighted by molar-refractivity contribution is 5.27. The largest absolute Gasteiger partial charge is 0.497 e. The van der Waals surface area contributed by atoms with Gasteiger partial charge in [-0.25, -0.2) is 0 Å². The van der Waals surface area contributed by atoms with Gasteiger partial charge >= 0.3 is 0 Å². The molecule has 3 nitrogen and oxygen atoms in total. The van der Waals surface area contributed by atoms with Crippen LogP contribution >= 0.6 is 0 Å². The van der Waals surface area contributed by atoms with Crippen molar-refractivity contribution >= 4 is 0 Å². The molecule has 0 bridgehead atoms. The minimum absolute atomic E-state index is 0.344. The molecule has 2 N–H and O–H groups in total. The van der Waals surface area contributed by atoms with Crippen LogP contribution < -0.4 is 10.1 Å². The van der Waals surface area contributed by atoms with Gasteiger partial charge in [-0.2, -0.15) is 0 Å². The average molecular weight is 251 g/mol. The highest BCUT2D eigenvalue weighted by Gasteiger charge is 2.17. The van der Waals surface area contributed by atoms with Gasteiger partial charge in [0.2, 0.25) is 0 Å². The van der Waals surface area contributed by atoms with Crippen LogP contribution in [0.3, 0.4) is 0 Å². The lowest BCUT2D eigenvalue weighted by Gasteiger charge is -2.24. The molecule has 0 saturated heterocycles. The van der Waals surface area contributed by atoms with E-state index < -0.39 is 5.60 Å². The zero-order valence-corrected chi connectivity index (χ0v) is 11.9. The first kappa shape index (κ1) is 15.0. The maximum Gasteiger partial charge on any atom is 0.118 e. The van der Waals surface area contributed by atoms with Gasteiger partial charge in [-0.1, -0.05) is 19.1 Å². The van der Waals surface area contributed by atoms with Gasteiger partial charge in [-0.15, -0.1) is 0 Å². The van der Waals surface area contributed by atoms with Gasteiger partial charge in [-0.3, -0.25) is 0 Å². The smallest absolute Gasteiger partial charge is 0.118 e. The summed E-state index contributed by atoms with van der Waals surface area (Å²) in [6, 6.07) is 8.45. The van der Waals surface area contributed by atoms with Crippen LogP contribution in [-0.4, -0.2) is 30.4 Å². The number of ether oxygens (including phenoxy) is 1. The Bertz CT molecular complexity index is 346. The van der Waals surface area contributed by atoms with Crippen molar-refractivity contribution in [2.24, 2.45) is 0 Å². The quantitative estimate of drug-likeness (QED) is 0.782. The summed E-state index contributed by atoms with van der Waals surface area (Å²) in [5.74, 6) is 0.883. The number of hydrogen-bond donors (Lipinski definition) is 2. The Hall–Kier alpha value is -1.06. The summed E-state index contributed by atoms with van der Waals surface area (Å²) in [5.41, 5.74) is 0.653. The highest BCUT2D eigenvalue weighted by Crippen LogP contribution is 2.13. The van der Waals surface area contributed by atoms with E-state index in [0.29, 0.717) is 12.6 Å². The fourth-order valence-corrected chi connectivity index (χ4v) is 1.71. The Morgan fingerprint density at radius 3 is 2.44 bits per heavy atom. The molecule has 0 aromatic heterocycles. The third-order valence-corrected chi connectivity index (χ3v) is 3.29. The number of benzene rings is 1. The molecule has 1 aromatic carbocycles. The van der Waals surface area contributed by atoms with Crippen LogP contribution in [-0.2, 0) is 6.42 Å². The highest BCUT2D eigenvalue weighted by atomic mass is 16.5. The molecule has 0 radical (unpaired) electrons. The summed E-state index contributed by atoms with van der Waals surface area (Å²) in [6.45, 7) is 6.62. The topological polar surface area (TPSA) is 41.5 Å². The Morgan fingerprint density at radius 2 is 1.94 bits per heavy atom. The van der Waals surface area contributed by atoms with Crippen molar-refractivity contribution in [2.45, 2.75) is 45.3 Å². The lowest BCUT2D eigenvalue weighted by molar-refractivity contribution is 0.0534. The predicted octanol–water partition coefficient (Wildman–Crippen LogP) is 2.38. The van der Waals surface area contributed by atoms with E-state index in [9.17, 15) is 5.11 Å². The van der Waals surface area contributed by atoms with Gasteiger partial charge in [0, 0.05) is 12.6 Å². The average Bonchev–Trinajstić information content (AvgIpc) is 2.37. The molecule has 0 spiro atoms. The summed E-state index contributed by atoms with van der Waals surface area (Å²) in [4.78, 5) is 0. The van der Waals surface area contributed by atoms with Gasteiger partial charge in [0.05, 0.1) is 12.7 Å². The number of aliphatic hydroxyl groups is 1. The van der Waals surface area contributed by atoms with Crippen LogP contribution in [0.2, 0.25) is 0 Å². The molecule has 0 aliphatic heterocycles. The van der Waals surface area contributed by atoms with Gasteiger partial charge in [0.1, 0.15) is 5.75 Å². The van der Waals surface area contributed by atoms with Crippen molar-refractivity contribution in [3.05, 3.63) is 29.8 Å². The summed E-state index contributed by atoms with van der Waals surface area (Å²) in [7, 11) is 1.67. The fraction of sp³-hybridized carbons (Fsp3) is 0.600. The van der Waals surface area contributed by atoms with Gasteiger partial charge in [0.15, 0.2) is 0 Å². The van der Waals surface area contributed by atoms with E-state index in [4.69, 9.17) is 4.74 Å². The molecule has 0 saturated carbocycles. The van der Waals surface area contributed by atoms with Crippen LogP contribution in [0.15, 0.2) is 24.3 Å². The van der Waals surface area contributed by atoms with Crippen molar-refractivity contribution in [3.63, 3.8) is 0 Å². The first-order chi connectivity index (χ1) is 8.46. The van der Waals surface area contributed by atoms with E-state index in [1.807, 2.05) is 26.0 Å². The second-order valence-electron chi connectivity index (χ2n) is 5.18. The molecule has 102 valence electrons. The predicted molar refractivity (Wildman–Crippen MR) is 75.1 cm³/mol. The van der Waals surface area contributed by atoms with Crippen molar-refractivity contribution < 1.29 is 9.84 Å². The Balaban J connectivity index is 2.41. The van der Waals surface area contributed by atoms with Crippen molar-refractivity contribution in [1.82, 2.24) is 5.32 Å². The van der Waals surface area contributed by atoms with Crippen LogP contribution in [0.5, 0.6) is 5.75 Å². The zero-order chi connectivity index (χ0) is 13.6. The third-order valence-electron chi connectivity index (χ3n) is 3.29. The van der Waals surface area contributed by atoms with E-state index in [0.717, 1.165) is 18.6 Å². The molecule has 3 heteroatoms. The minimum Gasteiger partial charge on any atom is -0.497 e. The second kappa shape index (κ2) is 6.76. The minimum atomic E-state index is -0.617. The summed E-state index contributed by atoms with van der Waals surface area (Å²) >= 11 is 0. The number of hydrogen-bond acceptors (Lipinski definition) is 3. The molecule has 1 rings (SSSR count). The van der Waals surface area contributed by atoms with E-state index >= 15 is 0 Å². The molecular weight excluding hydrogens is 226 g/mol. The first-order valence-electron chi connectivity index (χ1n) is 6.55. The van der Waals surface area contributed by atoms with E-state index in [1.165, 1.54) is 5.56 Å². The zero-order valence-electron chi connectivity index (χ0n) is 11.9. The molecular formula is C15H25NO2. The molecule has 0 amide bonds. The van der Waals surface area contributed by atoms with Crippen molar-refractivity contribution in [2.75, 3.05) is 13.7 Å². The van der Waals surface area contributed by atoms with Crippen LogP contribution in [0.25, 0.3) is 0 Å². The molecule has 2 unspecified atom stereocenters. The second-order valence-corrected chi connectivity index (χ2v) is 5.18. The van der Waals surface area contributed by atoms with Crippen LogP contribution in [0, 0.1) is 0 Å². The molecule has 0 aliphatic rings. The summed E-state index contributed by atoms with van der Waals surface area (Å²) in [6.07, 6.45) is 1.71. The van der Waals surface area contributed by atoms with E-state index in [1.54, 1.807) is 7.11 Å². The van der Waals surface area contributed by atoms with E-state index in [-0.39, 0.29) is 0 Å². The van der Waals surface area contributed by atoms with Crippen LogP contribution in [0.4, 0.5) is 0 Å². The fourth-order valence-electron chi connectivity index (χ4n) is 1.71. The van der Waals surface area contributed by atoms with Gasteiger partial charge in [0.25, 0.3) is 0 Å². The molecule has 0 aliphatic carbocycles. The maximum absolute atomic E-state index is 9.93. The van der Waals surface area contributed by atoms with Crippen LogP contribution in [0.1, 0.15) is 32.8 Å². The monoisotopic (exact) mass is 251 g/mol. The van der Waals surface area contributed by atoms with Crippen molar-refractivity contribution in [3.8, 4) is 5.75 Å². The Kier molecular flexibility index (Phi) is 5.63. The number of methoxy groups -OCH3 is 1. The normalized spacial score (nSPS) is 16.1. The number of nitrogens with one attached hydrogen (secondary N) is 1. The Morgan fingerprint density at radius 1 is 1.33 bits per heavy atom. The molecule has 1 aromatic rings. The SMILES string of the molecule is CCC(C)(O)CNC(C)Cc1ccc(OC)cc1. The van der Waals surface area contributed by atoms with Gasteiger partial charge in [-0.05, 0) is 44.4 Å². The number of rotatable bonds is 7.